The van der Waals surface area contributed by atoms with Crippen LogP contribution in [0.15, 0.2) is 29.6 Å². The number of fused-ring (bicyclic) bond motifs is 1. The van der Waals surface area contributed by atoms with Gasteiger partial charge in [0, 0.05) is 10.9 Å². The number of aryl methyl sites for hydroxylation is 3. The molecule has 0 aliphatic heterocycles. The van der Waals surface area contributed by atoms with Crippen molar-refractivity contribution in [1.82, 2.24) is 4.98 Å². The lowest BCUT2D eigenvalue weighted by atomic mass is 10.0. The van der Waals surface area contributed by atoms with Gasteiger partial charge in [0.2, 0.25) is 0 Å². The molecule has 0 aliphatic carbocycles. The zero-order valence-corrected chi connectivity index (χ0v) is 13.5. The Balaban J connectivity index is 2.13. The highest BCUT2D eigenvalue weighted by Crippen LogP contribution is 2.36. The van der Waals surface area contributed by atoms with E-state index in [2.05, 4.69) is 48.5 Å². The Kier molecular flexibility index (Phi) is 4.13. The van der Waals surface area contributed by atoms with E-state index in [1.54, 1.807) is 0 Å². The summed E-state index contributed by atoms with van der Waals surface area (Å²) < 4.78 is 0. The van der Waals surface area contributed by atoms with Crippen molar-refractivity contribution in [2.45, 2.75) is 33.1 Å². The number of aromatic nitrogens is 1. The quantitative estimate of drug-likeness (QED) is 0.653. The van der Waals surface area contributed by atoms with Crippen molar-refractivity contribution in [3.8, 4) is 10.6 Å². The number of hydrogen-bond acceptors (Lipinski definition) is 2. The van der Waals surface area contributed by atoms with E-state index in [9.17, 15) is 0 Å². The number of H-pyrrole nitrogens is 1. The zero-order chi connectivity index (χ0) is 14.8. The zero-order valence-electron chi connectivity index (χ0n) is 12.7. The monoisotopic (exact) mass is 298 g/mol. The molecule has 0 fully saturated rings. The molecular weight excluding hydrogens is 276 g/mol. The highest BCUT2D eigenvalue weighted by Gasteiger charge is 2.15. The van der Waals surface area contributed by atoms with Gasteiger partial charge in [-0.3, -0.25) is 0 Å². The first kappa shape index (κ1) is 14.4. The Morgan fingerprint density at radius 2 is 2.00 bits per heavy atom. The summed E-state index contributed by atoms with van der Waals surface area (Å²) in [6.45, 7) is 5.12. The molecule has 1 aromatic carbocycles. The third-order valence-electron chi connectivity index (χ3n) is 4.03. The Bertz CT molecular complexity index is 752. The predicted octanol–water partition coefficient (Wildman–Crippen LogP) is 4.79. The predicted molar refractivity (Wildman–Crippen MR) is 93.1 cm³/mol. The van der Waals surface area contributed by atoms with Crippen LogP contribution >= 0.6 is 11.3 Å². The summed E-state index contributed by atoms with van der Waals surface area (Å²) in [6, 6.07) is 8.87. The van der Waals surface area contributed by atoms with E-state index in [1.165, 1.54) is 38.2 Å². The van der Waals surface area contributed by atoms with E-state index in [1.807, 2.05) is 11.3 Å². The number of nitrogens with two attached hydrogens (primary N) is 1. The van der Waals surface area contributed by atoms with Crippen LogP contribution in [0.4, 0.5) is 0 Å². The van der Waals surface area contributed by atoms with Crippen LogP contribution in [0.5, 0.6) is 0 Å². The van der Waals surface area contributed by atoms with Gasteiger partial charge < -0.3 is 10.7 Å². The van der Waals surface area contributed by atoms with E-state index < -0.39 is 0 Å². The number of rotatable bonds is 5. The van der Waals surface area contributed by atoms with Crippen LogP contribution < -0.4 is 5.73 Å². The largest absolute Gasteiger partial charge is 0.354 e. The first-order valence-corrected chi connectivity index (χ1v) is 8.44. The minimum atomic E-state index is 0.773. The van der Waals surface area contributed by atoms with Gasteiger partial charge in [-0.15, -0.1) is 11.3 Å². The van der Waals surface area contributed by atoms with Crippen molar-refractivity contribution in [2.75, 3.05) is 6.54 Å². The molecule has 0 aliphatic rings. The normalized spacial score (nSPS) is 11.4. The maximum atomic E-state index is 5.66. The van der Waals surface area contributed by atoms with Crippen molar-refractivity contribution >= 4 is 22.2 Å². The SMILES string of the molecule is Cc1ccc2[nH]c(-c3sccc3C)c(CCCCN)c2c1. The second-order valence-electron chi connectivity index (χ2n) is 5.71. The van der Waals surface area contributed by atoms with Gasteiger partial charge >= 0.3 is 0 Å². The van der Waals surface area contributed by atoms with E-state index in [0.29, 0.717) is 0 Å². The molecule has 0 bridgehead atoms. The molecule has 0 spiro atoms. The number of unbranched alkanes of at least 4 members (excludes halogenated alkanes) is 1. The van der Waals surface area contributed by atoms with E-state index >= 15 is 0 Å². The standard InChI is InChI=1S/C18H22N2S/c1-12-6-7-16-15(11-12)14(5-3-4-9-19)17(20-16)18-13(2)8-10-21-18/h6-8,10-11,20H,3-5,9,19H2,1-2H3. The van der Waals surface area contributed by atoms with Gasteiger partial charge in [0.25, 0.3) is 0 Å². The van der Waals surface area contributed by atoms with Crippen molar-refractivity contribution in [2.24, 2.45) is 5.73 Å². The number of hydrogen-bond donors (Lipinski definition) is 2. The molecule has 21 heavy (non-hydrogen) atoms. The average Bonchev–Trinajstić information content (AvgIpc) is 3.03. The van der Waals surface area contributed by atoms with Crippen molar-refractivity contribution in [1.29, 1.82) is 0 Å². The summed E-state index contributed by atoms with van der Waals surface area (Å²) in [5.41, 5.74) is 12.3. The van der Waals surface area contributed by atoms with Gasteiger partial charge in [-0.05, 0) is 74.4 Å². The van der Waals surface area contributed by atoms with Gasteiger partial charge in [-0.2, -0.15) is 0 Å². The molecule has 110 valence electrons. The second-order valence-corrected chi connectivity index (χ2v) is 6.62. The number of thiophene rings is 1. The fraction of sp³-hybridized carbons (Fsp3) is 0.333. The molecule has 2 aromatic heterocycles. The van der Waals surface area contributed by atoms with Crippen molar-refractivity contribution in [3.63, 3.8) is 0 Å². The van der Waals surface area contributed by atoms with E-state index in [4.69, 9.17) is 5.73 Å². The molecule has 0 saturated carbocycles. The Morgan fingerprint density at radius 3 is 2.71 bits per heavy atom. The third-order valence-corrected chi connectivity index (χ3v) is 5.07. The molecule has 3 aromatic rings. The molecule has 2 nitrogen and oxygen atoms in total. The van der Waals surface area contributed by atoms with Crippen molar-refractivity contribution < 1.29 is 0 Å². The Morgan fingerprint density at radius 1 is 1.14 bits per heavy atom. The van der Waals surface area contributed by atoms with Crippen LogP contribution in [0.25, 0.3) is 21.5 Å². The molecule has 0 unspecified atom stereocenters. The van der Waals surface area contributed by atoms with Gasteiger partial charge in [0.15, 0.2) is 0 Å². The lowest BCUT2D eigenvalue weighted by Gasteiger charge is -2.05. The highest BCUT2D eigenvalue weighted by molar-refractivity contribution is 7.13. The minimum Gasteiger partial charge on any atom is -0.354 e. The van der Waals surface area contributed by atoms with Gasteiger partial charge in [0.1, 0.15) is 0 Å². The van der Waals surface area contributed by atoms with Crippen LogP contribution in [0.2, 0.25) is 0 Å². The number of aromatic amines is 1. The first-order chi connectivity index (χ1) is 10.2. The van der Waals surface area contributed by atoms with Crippen molar-refractivity contribution in [3.05, 3.63) is 46.3 Å². The molecule has 2 heterocycles. The van der Waals surface area contributed by atoms with Crippen LogP contribution in [0, 0.1) is 13.8 Å². The average molecular weight is 298 g/mol. The lowest BCUT2D eigenvalue weighted by molar-refractivity contribution is 0.748. The Hall–Kier alpha value is -1.58. The van der Waals surface area contributed by atoms with Crippen LogP contribution in [-0.2, 0) is 6.42 Å². The third kappa shape index (κ3) is 2.76. The maximum absolute atomic E-state index is 5.66. The molecule has 0 saturated heterocycles. The minimum absolute atomic E-state index is 0.773. The maximum Gasteiger partial charge on any atom is 0.0601 e. The van der Waals surface area contributed by atoms with Crippen LogP contribution in [-0.4, -0.2) is 11.5 Å². The topological polar surface area (TPSA) is 41.8 Å². The van der Waals surface area contributed by atoms with Crippen LogP contribution in [0.3, 0.4) is 0 Å². The molecular formula is C18H22N2S. The molecule has 3 heteroatoms. The first-order valence-electron chi connectivity index (χ1n) is 7.56. The molecule has 3 N–H and O–H groups in total. The number of nitrogens with one attached hydrogen (secondary N) is 1. The fourth-order valence-corrected chi connectivity index (χ4v) is 3.84. The Labute approximate surface area is 130 Å². The van der Waals surface area contributed by atoms with Crippen LogP contribution in [0.1, 0.15) is 29.5 Å². The summed E-state index contributed by atoms with van der Waals surface area (Å²) in [4.78, 5) is 5.01. The lowest BCUT2D eigenvalue weighted by Crippen LogP contribution is -1.99. The van der Waals surface area contributed by atoms with E-state index in [-0.39, 0.29) is 0 Å². The smallest absolute Gasteiger partial charge is 0.0601 e. The summed E-state index contributed by atoms with van der Waals surface area (Å²) in [5.74, 6) is 0. The van der Waals surface area contributed by atoms with Gasteiger partial charge in [0.05, 0.1) is 10.6 Å². The summed E-state index contributed by atoms with van der Waals surface area (Å²) >= 11 is 1.82. The summed E-state index contributed by atoms with van der Waals surface area (Å²) in [6.07, 6.45) is 3.32. The number of benzene rings is 1. The molecule has 3 rings (SSSR count). The molecule has 0 amide bonds. The van der Waals surface area contributed by atoms with Gasteiger partial charge in [-0.1, -0.05) is 11.6 Å². The highest BCUT2D eigenvalue weighted by atomic mass is 32.1. The molecule has 0 atom stereocenters. The fourth-order valence-electron chi connectivity index (χ4n) is 2.89. The second kappa shape index (κ2) is 6.04. The molecule has 0 radical (unpaired) electrons. The van der Waals surface area contributed by atoms with E-state index in [0.717, 1.165) is 25.8 Å². The summed E-state index contributed by atoms with van der Waals surface area (Å²) in [7, 11) is 0. The van der Waals surface area contributed by atoms with Gasteiger partial charge in [-0.25, -0.2) is 0 Å². The summed E-state index contributed by atoms with van der Waals surface area (Å²) in [5, 5.41) is 3.54.